The van der Waals surface area contributed by atoms with E-state index in [1.54, 1.807) is 18.2 Å². The highest BCUT2D eigenvalue weighted by Crippen LogP contribution is 2.31. The van der Waals surface area contributed by atoms with E-state index in [1.165, 1.54) is 0 Å². The van der Waals surface area contributed by atoms with Crippen LogP contribution in [0.3, 0.4) is 0 Å². The first kappa shape index (κ1) is 12.0. The molecule has 2 aromatic carbocycles. The van der Waals surface area contributed by atoms with Crippen LogP contribution in [0.4, 0.5) is 0 Å². The summed E-state index contributed by atoms with van der Waals surface area (Å²) in [6.07, 6.45) is 0. The molecular weight excluding hydrogens is 281 g/mol. The summed E-state index contributed by atoms with van der Waals surface area (Å²) in [6.45, 7) is 0. The maximum absolute atomic E-state index is 8.77. The summed E-state index contributed by atoms with van der Waals surface area (Å²) in [5.74, 6) is 0.698. The number of rotatable bonds is 1. The third kappa shape index (κ3) is 2.06. The molecule has 3 rings (SSSR count). The smallest absolute Gasteiger partial charge is 0.138 e. The van der Waals surface area contributed by atoms with Crippen LogP contribution < -0.4 is 0 Å². The highest BCUT2D eigenvalue weighted by Gasteiger charge is 2.10. The van der Waals surface area contributed by atoms with Crippen LogP contribution in [0.2, 0.25) is 10.0 Å². The van der Waals surface area contributed by atoms with Gasteiger partial charge in [0.15, 0.2) is 0 Å². The molecule has 0 saturated carbocycles. The lowest BCUT2D eigenvalue weighted by Gasteiger charge is -1.95. The molecule has 5 heteroatoms. The first-order valence-electron chi connectivity index (χ1n) is 5.53. The zero-order valence-corrected chi connectivity index (χ0v) is 11.1. The number of aromatic amines is 1. The third-order valence-electron chi connectivity index (χ3n) is 2.83. The monoisotopic (exact) mass is 287 g/mol. The fraction of sp³-hybridized carbons (Fsp3) is 0. The number of nitriles is 1. The van der Waals surface area contributed by atoms with Crippen molar-refractivity contribution in [3.8, 4) is 17.5 Å². The van der Waals surface area contributed by atoms with Crippen LogP contribution in [0, 0.1) is 11.3 Å². The molecular formula is C14H7Cl2N3. The molecule has 3 aromatic rings. The average Bonchev–Trinajstić information content (AvgIpc) is 2.88. The number of nitrogens with zero attached hydrogens (tertiary/aromatic N) is 2. The molecule has 0 aliphatic heterocycles. The maximum atomic E-state index is 8.77. The van der Waals surface area contributed by atoms with E-state index in [4.69, 9.17) is 28.5 Å². The molecule has 0 atom stereocenters. The summed E-state index contributed by atoms with van der Waals surface area (Å²) in [6, 6.07) is 12.8. The topological polar surface area (TPSA) is 52.5 Å². The number of nitrogens with one attached hydrogen (secondary N) is 1. The molecule has 0 fully saturated rings. The first-order valence-corrected chi connectivity index (χ1v) is 6.29. The van der Waals surface area contributed by atoms with E-state index >= 15 is 0 Å². The highest BCUT2D eigenvalue weighted by molar-refractivity contribution is 6.44. The Balaban J connectivity index is 2.15. The van der Waals surface area contributed by atoms with Crippen LogP contribution in [0.15, 0.2) is 36.4 Å². The van der Waals surface area contributed by atoms with Gasteiger partial charge in [-0.25, -0.2) is 4.98 Å². The van der Waals surface area contributed by atoms with Gasteiger partial charge in [0.2, 0.25) is 0 Å². The summed E-state index contributed by atoms with van der Waals surface area (Å²) < 4.78 is 0. The van der Waals surface area contributed by atoms with Crippen LogP contribution in [0.25, 0.3) is 22.4 Å². The van der Waals surface area contributed by atoms with Gasteiger partial charge in [-0.05, 0) is 36.4 Å². The number of aromatic nitrogens is 2. The Labute approximate surface area is 119 Å². The molecule has 0 spiro atoms. The zero-order chi connectivity index (χ0) is 13.4. The molecule has 1 heterocycles. The van der Waals surface area contributed by atoms with Crippen LogP contribution in [-0.2, 0) is 0 Å². The second kappa shape index (κ2) is 4.58. The molecule has 1 N–H and O–H groups in total. The van der Waals surface area contributed by atoms with E-state index in [1.807, 2.05) is 18.2 Å². The van der Waals surface area contributed by atoms with Crippen LogP contribution >= 0.6 is 23.2 Å². The predicted octanol–water partition coefficient (Wildman–Crippen LogP) is 4.41. The van der Waals surface area contributed by atoms with E-state index < -0.39 is 0 Å². The number of imidazole rings is 1. The number of hydrogen-bond donors (Lipinski definition) is 1. The van der Waals surface area contributed by atoms with Crippen molar-refractivity contribution < 1.29 is 0 Å². The van der Waals surface area contributed by atoms with E-state index in [-0.39, 0.29) is 0 Å². The number of hydrogen-bond acceptors (Lipinski definition) is 2. The Bertz CT molecular complexity index is 798. The van der Waals surface area contributed by atoms with Crippen LogP contribution in [-0.4, -0.2) is 9.97 Å². The maximum Gasteiger partial charge on any atom is 0.138 e. The molecule has 0 aliphatic carbocycles. The van der Waals surface area contributed by atoms with Crippen molar-refractivity contribution in [2.75, 3.05) is 0 Å². The number of halogens is 2. The SMILES string of the molecule is N#Cc1ccc(-c2nc3c(Cl)c(Cl)ccc3[nH]2)cc1. The van der Waals surface area contributed by atoms with Gasteiger partial charge < -0.3 is 4.98 Å². The van der Waals surface area contributed by atoms with Gasteiger partial charge in [-0.2, -0.15) is 5.26 Å². The molecule has 0 radical (unpaired) electrons. The minimum absolute atomic E-state index is 0.440. The second-order valence-corrected chi connectivity index (χ2v) is 4.82. The number of fused-ring (bicyclic) bond motifs is 1. The Hall–Kier alpha value is -2.02. The van der Waals surface area contributed by atoms with Crippen molar-refractivity contribution in [2.24, 2.45) is 0 Å². The predicted molar refractivity (Wildman–Crippen MR) is 76.3 cm³/mol. The molecule has 0 bridgehead atoms. The van der Waals surface area contributed by atoms with E-state index in [0.29, 0.717) is 26.9 Å². The van der Waals surface area contributed by atoms with Gasteiger partial charge in [-0.15, -0.1) is 0 Å². The van der Waals surface area contributed by atoms with Gasteiger partial charge in [0.05, 0.1) is 27.2 Å². The third-order valence-corrected chi connectivity index (χ3v) is 3.63. The largest absolute Gasteiger partial charge is 0.338 e. The fourth-order valence-corrected chi connectivity index (χ4v) is 2.22. The van der Waals surface area contributed by atoms with Gasteiger partial charge in [-0.3, -0.25) is 0 Å². The quantitative estimate of drug-likeness (QED) is 0.721. The van der Waals surface area contributed by atoms with Crippen molar-refractivity contribution in [3.63, 3.8) is 0 Å². The lowest BCUT2D eigenvalue weighted by atomic mass is 10.1. The number of H-pyrrole nitrogens is 1. The van der Waals surface area contributed by atoms with Gasteiger partial charge in [-0.1, -0.05) is 23.2 Å². The van der Waals surface area contributed by atoms with Crippen molar-refractivity contribution >= 4 is 34.2 Å². The summed E-state index contributed by atoms with van der Waals surface area (Å²) in [5.41, 5.74) is 2.98. The zero-order valence-electron chi connectivity index (χ0n) is 9.61. The van der Waals surface area contributed by atoms with Gasteiger partial charge in [0, 0.05) is 5.56 Å². The first-order chi connectivity index (χ1) is 9.19. The highest BCUT2D eigenvalue weighted by atomic mass is 35.5. The van der Waals surface area contributed by atoms with Crippen molar-refractivity contribution in [2.45, 2.75) is 0 Å². The Morgan fingerprint density at radius 1 is 1.05 bits per heavy atom. The second-order valence-electron chi connectivity index (χ2n) is 4.03. The standard InChI is InChI=1S/C14H7Cl2N3/c15-10-5-6-11-13(12(10)16)19-14(18-11)9-3-1-8(7-17)2-4-9/h1-6H,(H,18,19). The molecule has 3 nitrogen and oxygen atoms in total. The minimum atomic E-state index is 0.440. The van der Waals surface area contributed by atoms with Gasteiger partial charge >= 0.3 is 0 Å². The lowest BCUT2D eigenvalue weighted by molar-refractivity contribution is 1.33. The Morgan fingerprint density at radius 3 is 2.47 bits per heavy atom. The molecule has 1 aromatic heterocycles. The molecule has 0 unspecified atom stereocenters. The molecule has 0 amide bonds. The van der Waals surface area contributed by atoms with E-state index in [2.05, 4.69) is 16.0 Å². The minimum Gasteiger partial charge on any atom is -0.338 e. The average molecular weight is 288 g/mol. The molecule has 19 heavy (non-hydrogen) atoms. The summed E-state index contributed by atoms with van der Waals surface area (Å²) >= 11 is 12.1. The van der Waals surface area contributed by atoms with Crippen LogP contribution in [0.1, 0.15) is 5.56 Å². The lowest BCUT2D eigenvalue weighted by Crippen LogP contribution is -1.80. The summed E-state index contributed by atoms with van der Waals surface area (Å²) in [7, 11) is 0. The van der Waals surface area contributed by atoms with Gasteiger partial charge in [0.1, 0.15) is 11.3 Å². The van der Waals surface area contributed by atoms with Crippen molar-refractivity contribution in [1.82, 2.24) is 9.97 Å². The van der Waals surface area contributed by atoms with Crippen molar-refractivity contribution in [3.05, 3.63) is 52.0 Å². The van der Waals surface area contributed by atoms with Crippen molar-refractivity contribution in [1.29, 1.82) is 5.26 Å². The summed E-state index contributed by atoms with van der Waals surface area (Å²) in [4.78, 5) is 7.62. The van der Waals surface area contributed by atoms with E-state index in [9.17, 15) is 0 Å². The van der Waals surface area contributed by atoms with Crippen LogP contribution in [0.5, 0.6) is 0 Å². The normalized spacial score (nSPS) is 10.6. The van der Waals surface area contributed by atoms with Gasteiger partial charge in [0.25, 0.3) is 0 Å². The summed E-state index contributed by atoms with van der Waals surface area (Å²) in [5, 5.41) is 9.69. The molecule has 0 saturated heterocycles. The number of benzene rings is 2. The fourth-order valence-electron chi connectivity index (χ4n) is 1.86. The molecule has 92 valence electrons. The Kier molecular flexibility index (Phi) is 2.90. The van der Waals surface area contributed by atoms with E-state index in [0.717, 1.165) is 11.1 Å². The Morgan fingerprint density at radius 2 is 1.79 bits per heavy atom. The molecule has 0 aliphatic rings.